The lowest BCUT2D eigenvalue weighted by Crippen LogP contribution is -2.34. The predicted molar refractivity (Wildman–Crippen MR) is 72.3 cm³/mol. The van der Waals surface area contributed by atoms with Crippen LogP contribution in [0.2, 0.25) is 0 Å². The maximum absolute atomic E-state index is 13.9. The van der Waals surface area contributed by atoms with Gasteiger partial charge < -0.3 is 10.0 Å². The predicted octanol–water partition coefficient (Wildman–Crippen LogP) is 2.93. The van der Waals surface area contributed by atoms with Crippen LogP contribution in [-0.2, 0) is 0 Å². The third-order valence-electron chi connectivity index (χ3n) is 3.59. The summed E-state index contributed by atoms with van der Waals surface area (Å²) in [7, 11) is 0. The van der Waals surface area contributed by atoms with Gasteiger partial charge in [0.25, 0.3) is 5.91 Å². The van der Waals surface area contributed by atoms with Crippen LogP contribution in [0.4, 0.5) is 4.39 Å². The van der Waals surface area contributed by atoms with E-state index in [-0.39, 0.29) is 17.0 Å². The first-order valence-corrected chi connectivity index (χ1v) is 6.91. The van der Waals surface area contributed by atoms with Crippen molar-refractivity contribution < 1.29 is 19.1 Å². The zero-order valence-electron chi connectivity index (χ0n) is 11.3. The highest BCUT2D eigenvalue weighted by atomic mass is 19.1. The Morgan fingerprint density at radius 1 is 1.05 bits per heavy atom. The Kier molecular flexibility index (Phi) is 4.71. The van der Waals surface area contributed by atoms with Gasteiger partial charge in [-0.1, -0.05) is 19.3 Å². The Morgan fingerprint density at radius 3 is 2.20 bits per heavy atom. The Hall–Kier alpha value is -1.91. The molecule has 1 heterocycles. The van der Waals surface area contributed by atoms with Gasteiger partial charge in [0, 0.05) is 13.1 Å². The van der Waals surface area contributed by atoms with Gasteiger partial charge in [0.1, 0.15) is 5.82 Å². The van der Waals surface area contributed by atoms with Gasteiger partial charge in [-0.3, -0.25) is 4.79 Å². The van der Waals surface area contributed by atoms with E-state index in [2.05, 4.69) is 0 Å². The molecule has 0 atom stereocenters. The SMILES string of the molecule is O=C(O)c1ccc(C(=O)N2CCCCCCC2)c(F)c1. The van der Waals surface area contributed by atoms with Gasteiger partial charge in [-0.15, -0.1) is 0 Å². The summed E-state index contributed by atoms with van der Waals surface area (Å²) < 4.78 is 13.9. The third-order valence-corrected chi connectivity index (χ3v) is 3.59. The first kappa shape index (κ1) is 14.5. The fourth-order valence-electron chi connectivity index (χ4n) is 2.44. The van der Waals surface area contributed by atoms with Crippen molar-refractivity contribution in [2.45, 2.75) is 32.1 Å². The minimum atomic E-state index is -1.20. The molecular formula is C15H18FNO3. The number of benzene rings is 1. The Labute approximate surface area is 117 Å². The number of carboxylic acids is 1. The molecule has 1 N–H and O–H groups in total. The van der Waals surface area contributed by atoms with Crippen LogP contribution in [0.1, 0.15) is 52.8 Å². The van der Waals surface area contributed by atoms with Crippen LogP contribution in [0.3, 0.4) is 0 Å². The molecule has 20 heavy (non-hydrogen) atoms. The molecule has 1 aliphatic rings. The van der Waals surface area contributed by atoms with Gasteiger partial charge in [-0.25, -0.2) is 9.18 Å². The van der Waals surface area contributed by atoms with Gasteiger partial charge in [0.15, 0.2) is 0 Å². The summed E-state index contributed by atoms with van der Waals surface area (Å²) in [6, 6.07) is 3.43. The molecule has 2 rings (SSSR count). The van der Waals surface area contributed by atoms with E-state index >= 15 is 0 Å². The molecule has 0 spiro atoms. The number of hydrogen-bond donors (Lipinski definition) is 1. The van der Waals surface area contributed by atoms with Crippen LogP contribution in [0, 0.1) is 5.82 Å². The van der Waals surface area contributed by atoms with Gasteiger partial charge >= 0.3 is 5.97 Å². The van der Waals surface area contributed by atoms with Crippen LogP contribution in [-0.4, -0.2) is 35.0 Å². The van der Waals surface area contributed by atoms with Crippen LogP contribution < -0.4 is 0 Å². The van der Waals surface area contributed by atoms with Crippen molar-refractivity contribution in [3.8, 4) is 0 Å². The van der Waals surface area contributed by atoms with E-state index < -0.39 is 11.8 Å². The molecule has 108 valence electrons. The monoisotopic (exact) mass is 279 g/mol. The summed E-state index contributed by atoms with van der Waals surface area (Å²) in [6.45, 7) is 1.28. The number of rotatable bonds is 2. The molecule has 0 bridgehead atoms. The van der Waals surface area contributed by atoms with E-state index in [9.17, 15) is 14.0 Å². The number of carbonyl (C=O) groups excluding carboxylic acids is 1. The number of nitrogens with zero attached hydrogens (tertiary/aromatic N) is 1. The molecule has 1 aromatic rings. The van der Waals surface area contributed by atoms with E-state index in [1.165, 1.54) is 18.6 Å². The minimum absolute atomic E-state index is 0.0458. The Balaban J connectivity index is 2.17. The van der Waals surface area contributed by atoms with Gasteiger partial charge in [0.2, 0.25) is 0 Å². The summed E-state index contributed by atoms with van der Waals surface area (Å²) in [5.41, 5.74) is -0.192. The lowest BCUT2D eigenvalue weighted by molar-refractivity contribution is 0.0691. The van der Waals surface area contributed by atoms with Crippen LogP contribution in [0.5, 0.6) is 0 Å². The molecule has 1 saturated heterocycles. The highest BCUT2D eigenvalue weighted by Gasteiger charge is 2.20. The summed E-state index contributed by atoms with van der Waals surface area (Å²) in [5, 5.41) is 8.79. The summed E-state index contributed by atoms with van der Waals surface area (Å²) in [5.74, 6) is -2.31. The van der Waals surface area contributed by atoms with Crippen molar-refractivity contribution in [2.75, 3.05) is 13.1 Å². The smallest absolute Gasteiger partial charge is 0.335 e. The molecule has 1 aromatic carbocycles. The fourth-order valence-corrected chi connectivity index (χ4v) is 2.44. The number of carbonyl (C=O) groups is 2. The maximum atomic E-state index is 13.9. The minimum Gasteiger partial charge on any atom is -0.478 e. The van der Waals surface area contributed by atoms with Crippen molar-refractivity contribution in [3.63, 3.8) is 0 Å². The Bertz CT molecular complexity index is 508. The van der Waals surface area contributed by atoms with Crippen molar-refractivity contribution in [3.05, 3.63) is 35.1 Å². The topological polar surface area (TPSA) is 57.6 Å². The van der Waals surface area contributed by atoms with Crippen molar-refractivity contribution in [2.24, 2.45) is 0 Å². The van der Waals surface area contributed by atoms with E-state index in [4.69, 9.17) is 5.11 Å². The molecule has 4 nitrogen and oxygen atoms in total. The Morgan fingerprint density at radius 2 is 1.65 bits per heavy atom. The number of halogens is 1. The molecule has 1 fully saturated rings. The summed E-state index contributed by atoms with van der Waals surface area (Å²) in [4.78, 5) is 24.7. The molecule has 1 aliphatic heterocycles. The van der Waals surface area contributed by atoms with Crippen molar-refractivity contribution >= 4 is 11.9 Å². The first-order valence-electron chi connectivity index (χ1n) is 6.91. The van der Waals surface area contributed by atoms with Crippen molar-refractivity contribution in [1.82, 2.24) is 4.90 Å². The molecule has 1 amide bonds. The normalized spacial score (nSPS) is 16.4. The number of likely N-dealkylation sites (tertiary alicyclic amines) is 1. The molecule has 0 aromatic heterocycles. The number of carboxylic acid groups (broad SMARTS) is 1. The molecule has 0 aliphatic carbocycles. The molecule has 5 heteroatoms. The average molecular weight is 279 g/mol. The standard InChI is InChI=1S/C15H18FNO3/c16-13-10-11(15(19)20)6-7-12(13)14(18)17-8-4-2-1-3-5-9-17/h6-7,10H,1-5,8-9H2,(H,19,20). The number of amides is 1. The molecule has 0 unspecified atom stereocenters. The number of aromatic carboxylic acids is 1. The van der Waals surface area contributed by atoms with Crippen LogP contribution in [0.25, 0.3) is 0 Å². The zero-order chi connectivity index (χ0) is 14.5. The van der Waals surface area contributed by atoms with Gasteiger partial charge in [-0.05, 0) is 31.0 Å². The molecule has 0 saturated carbocycles. The molecular weight excluding hydrogens is 261 g/mol. The second kappa shape index (κ2) is 6.50. The van der Waals surface area contributed by atoms with E-state index in [1.807, 2.05) is 0 Å². The number of hydrogen-bond acceptors (Lipinski definition) is 2. The lowest BCUT2D eigenvalue weighted by atomic mass is 10.1. The largest absolute Gasteiger partial charge is 0.478 e. The average Bonchev–Trinajstić information content (AvgIpc) is 2.37. The summed E-state index contributed by atoms with van der Waals surface area (Å²) >= 11 is 0. The van der Waals surface area contributed by atoms with Gasteiger partial charge in [-0.2, -0.15) is 0 Å². The fraction of sp³-hybridized carbons (Fsp3) is 0.467. The second-order valence-electron chi connectivity index (χ2n) is 5.06. The highest BCUT2D eigenvalue weighted by molar-refractivity contribution is 5.96. The second-order valence-corrected chi connectivity index (χ2v) is 5.06. The van der Waals surface area contributed by atoms with E-state index in [0.29, 0.717) is 13.1 Å². The van der Waals surface area contributed by atoms with E-state index in [1.54, 1.807) is 4.90 Å². The zero-order valence-corrected chi connectivity index (χ0v) is 11.3. The van der Waals surface area contributed by atoms with Crippen LogP contribution in [0.15, 0.2) is 18.2 Å². The first-order chi connectivity index (χ1) is 9.59. The highest BCUT2D eigenvalue weighted by Crippen LogP contribution is 2.17. The lowest BCUT2D eigenvalue weighted by Gasteiger charge is -2.25. The molecule has 0 radical (unpaired) electrons. The maximum Gasteiger partial charge on any atom is 0.335 e. The van der Waals surface area contributed by atoms with E-state index in [0.717, 1.165) is 31.7 Å². The van der Waals surface area contributed by atoms with Crippen LogP contribution >= 0.6 is 0 Å². The van der Waals surface area contributed by atoms with Crippen molar-refractivity contribution in [1.29, 1.82) is 0 Å². The van der Waals surface area contributed by atoms with Gasteiger partial charge in [0.05, 0.1) is 11.1 Å². The third kappa shape index (κ3) is 3.35. The summed E-state index contributed by atoms with van der Waals surface area (Å²) in [6.07, 6.45) is 5.22. The quantitative estimate of drug-likeness (QED) is 0.905.